The van der Waals surface area contributed by atoms with Crippen LogP contribution in [-0.4, -0.2) is 12.5 Å². The van der Waals surface area contributed by atoms with E-state index in [0.29, 0.717) is 23.2 Å². The number of hydrogen-bond acceptors (Lipinski definition) is 1. The lowest BCUT2D eigenvalue weighted by Gasteiger charge is -2.19. The molecule has 0 aliphatic rings. The van der Waals surface area contributed by atoms with Gasteiger partial charge in [0.2, 0.25) is 0 Å². The number of carbonyl (C=O) groups is 1. The van der Waals surface area contributed by atoms with Crippen molar-refractivity contribution in [3.05, 3.63) is 64.2 Å². The number of amides is 1. The van der Waals surface area contributed by atoms with Gasteiger partial charge in [0.05, 0.1) is 10.7 Å². The number of carbonyl (C=O) groups excluding carboxylic acids is 1. The normalized spacial score (nSPS) is 12.2. The summed E-state index contributed by atoms with van der Waals surface area (Å²) in [5.74, 6) is 0.398. The zero-order valence-corrected chi connectivity index (χ0v) is 15.5. The van der Waals surface area contributed by atoms with E-state index in [0.717, 1.165) is 11.1 Å². The highest BCUT2D eigenvalue weighted by molar-refractivity contribution is 6.34. The third kappa shape index (κ3) is 4.83. The highest BCUT2D eigenvalue weighted by Gasteiger charge is 2.20. The first-order chi connectivity index (χ1) is 11.4. The number of halogens is 1. The van der Waals surface area contributed by atoms with Crippen LogP contribution in [0.3, 0.4) is 0 Å². The molecule has 2 rings (SSSR count). The Morgan fingerprint density at radius 3 is 2.42 bits per heavy atom. The molecule has 0 bridgehead atoms. The fourth-order valence-corrected chi connectivity index (χ4v) is 3.34. The molecule has 0 heterocycles. The van der Waals surface area contributed by atoms with Crippen LogP contribution in [0.4, 0.5) is 5.69 Å². The Hall–Kier alpha value is -1.84. The second-order valence-electron chi connectivity index (χ2n) is 6.61. The van der Waals surface area contributed by atoms with Crippen molar-refractivity contribution in [2.75, 3.05) is 11.9 Å². The van der Waals surface area contributed by atoms with E-state index in [9.17, 15) is 4.79 Å². The summed E-state index contributed by atoms with van der Waals surface area (Å²) in [6, 6.07) is 14.4. The van der Waals surface area contributed by atoms with Crippen LogP contribution >= 0.6 is 11.6 Å². The number of nitrogens with two attached hydrogens (primary N) is 1. The molecule has 0 saturated heterocycles. The lowest BCUT2D eigenvalue weighted by molar-refractivity contribution is -0.692. The summed E-state index contributed by atoms with van der Waals surface area (Å²) in [5, 5.41) is 5.63. The summed E-state index contributed by atoms with van der Waals surface area (Å²) >= 11 is 6.26. The van der Waals surface area contributed by atoms with Gasteiger partial charge in [-0.2, -0.15) is 0 Å². The van der Waals surface area contributed by atoms with Crippen LogP contribution in [0.15, 0.2) is 42.5 Å². The zero-order chi connectivity index (χ0) is 17.7. The Kier molecular flexibility index (Phi) is 6.41. The molecule has 3 nitrogen and oxygen atoms in total. The minimum atomic E-state index is -0.0366. The van der Waals surface area contributed by atoms with Crippen LogP contribution in [0.5, 0.6) is 0 Å². The van der Waals surface area contributed by atoms with Gasteiger partial charge >= 0.3 is 0 Å². The molecule has 0 aliphatic carbocycles. The maximum atomic E-state index is 12.4. The quantitative estimate of drug-likeness (QED) is 0.820. The molecule has 0 spiro atoms. The summed E-state index contributed by atoms with van der Waals surface area (Å²) in [6.07, 6.45) is 0. The Morgan fingerprint density at radius 2 is 1.83 bits per heavy atom. The molecule has 24 heavy (non-hydrogen) atoms. The lowest BCUT2D eigenvalue weighted by atomic mass is 9.96. The molecule has 4 heteroatoms. The first kappa shape index (κ1) is 18.5. The fourth-order valence-electron chi connectivity index (χ4n) is 2.97. The predicted octanol–water partition coefficient (Wildman–Crippen LogP) is 3.86. The van der Waals surface area contributed by atoms with Crippen LogP contribution < -0.4 is 10.6 Å². The molecule has 0 unspecified atom stereocenters. The maximum absolute atomic E-state index is 12.4. The summed E-state index contributed by atoms with van der Waals surface area (Å²) in [6.45, 7) is 8.66. The van der Waals surface area contributed by atoms with Gasteiger partial charge in [0.25, 0.3) is 5.91 Å². The highest BCUT2D eigenvalue weighted by atomic mass is 35.5. The van der Waals surface area contributed by atoms with Gasteiger partial charge in [0.15, 0.2) is 6.54 Å². The molecule has 2 aromatic carbocycles. The molecule has 2 aromatic rings. The monoisotopic (exact) mass is 345 g/mol. The predicted molar refractivity (Wildman–Crippen MR) is 100 cm³/mol. The Labute approximate surface area is 149 Å². The van der Waals surface area contributed by atoms with Gasteiger partial charge in [-0.05, 0) is 31.0 Å². The number of quaternary nitrogens is 1. The van der Waals surface area contributed by atoms with Gasteiger partial charge in [0.1, 0.15) is 6.04 Å². The molecule has 0 saturated carbocycles. The molecule has 0 radical (unpaired) electrons. The summed E-state index contributed by atoms with van der Waals surface area (Å²) in [4.78, 5) is 12.4. The van der Waals surface area contributed by atoms with Crippen LogP contribution in [0.25, 0.3) is 0 Å². The molecular formula is C20H26ClN2O+. The molecular weight excluding hydrogens is 320 g/mol. The van der Waals surface area contributed by atoms with E-state index >= 15 is 0 Å². The molecule has 0 fully saturated rings. The topological polar surface area (TPSA) is 45.7 Å². The first-order valence-corrected chi connectivity index (χ1v) is 8.71. The van der Waals surface area contributed by atoms with E-state index in [4.69, 9.17) is 11.6 Å². The van der Waals surface area contributed by atoms with E-state index in [-0.39, 0.29) is 11.9 Å². The van der Waals surface area contributed by atoms with Gasteiger partial charge < -0.3 is 10.6 Å². The van der Waals surface area contributed by atoms with E-state index in [1.54, 1.807) is 0 Å². The second-order valence-corrected chi connectivity index (χ2v) is 7.01. The SMILES string of the molecule is Cc1cc(C)c(NC(=O)C[NH2+][C@H](c2ccccc2)C(C)C)c(Cl)c1. The molecule has 0 aliphatic heterocycles. The smallest absolute Gasteiger partial charge is 0.279 e. The average molecular weight is 346 g/mol. The fraction of sp³-hybridized carbons (Fsp3) is 0.350. The third-order valence-corrected chi connectivity index (χ3v) is 4.45. The van der Waals surface area contributed by atoms with E-state index in [2.05, 4.69) is 36.6 Å². The van der Waals surface area contributed by atoms with Gasteiger partial charge in [-0.1, -0.05) is 61.8 Å². The van der Waals surface area contributed by atoms with E-state index in [1.165, 1.54) is 5.56 Å². The van der Waals surface area contributed by atoms with Gasteiger partial charge in [0, 0.05) is 11.5 Å². The molecule has 128 valence electrons. The first-order valence-electron chi connectivity index (χ1n) is 8.33. The van der Waals surface area contributed by atoms with Gasteiger partial charge in [-0.15, -0.1) is 0 Å². The Balaban J connectivity index is 2.02. The Morgan fingerprint density at radius 1 is 1.17 bits per heavy atom. The summed E-state index contributed by atoms with van der Waals surface area (Å²) in [5.41, 5.74) is 4.02. The van der Waals surface area contributed by atoms with Crippen molar-refractivity contribution in [2.45, 2.75) is 33.7 Å². The second kappa shape index (κ2) is 8.32. The molecule has 0 aromatic heterocycles. The minimum absolute atomic E-state index is 0.0366. The van der Waals surface area contributed by atoms with Crippen molar-refractivity contribution in [3.63, 3.8) is 0 Å². The van der Waals surface area contributed by atoms with Crippen molar-refractivity contribution >= 4 is 23.2 Å². The summed E-state index contributed by atoms with van der Waals surface area (Å²) in [7, 11) is 0. The van der Waals surface area contributed by atoms with Crippen LogP contribution in [0, 0.1) is 19.8 Å². The van der Waals surface area contributed by atoms with Gasteiger partial charge in [-0.25, -0.2) is 0 Å². The van der Waals surface area contributed by atoms with Gasteiger partial charge in [-0.3, -0.25) is 4.79 Å². The van der Waals surface area contributed by atoms with Crippen molar-refractivity contribution < 1.29 is 10.1 Å². The number of anilines is 1. The van der Waals surface area contributed by atoms with E-state index < -0.39 is 0 Å². The number of rotatable bonds is 6. The zero-order valence-electron chi connectivity index (χ0n) is 14.8. The number of nitrogens with one attached hydrogen (secondary N) is 1. The van der Waals surface area contributed by atoms with Crippen molar-refractivity contribution in [1.82, 2.24) is 0 Å². The molecule has 1 amide bonds. The van der Waals surface area contributed by atoms with Crippen molar-refractivity contribution in [1.29, 1.82) is 0 Å². The number of aryl methyl sites for hydroxylation is 2. The maximum Gasteiger partial charge on any atom is 0.279 e. The largest absolute Gasteiger partial charge is 0.332 e. The van der Waals surface area contributed by atoms with Crippen molar-refractivity contribution in [2.24, 2.45) is 5.92 Å². The third-order valence-electron chi connectivity index (χ3n) is 4.16. The van der Waals surface area contributed by atoms with Crippen LogP contribution in [0.1, 0.15) is 36.6 Å². The standard InChI is InChI=1S/C20H25ClN2O/c1-13(2)19(16-8-6-5-7-9-16)22-12-18(24)23-20-15(4)10-14(3)11-17(20)21/h5-11,13,19,22H,12H2,1-4H3,(H,23,24)/p+1/t19-/m0/s1. The van der Waals surface area contributed by atoms with Crippen LogP contribution in [-0.2, 0) is 4.79 Å². The number of hydrogen-bond donors (Lipinski definition) is 2. The minimum Gasteiger partial charge on any atom is -0.332 e. The molecule has 1 atom stereocenters. The highest BCUT2D eigenvalue weighted by Crippen LogP contribution is 2.27. The van der Waals surface area contributed by atoms with Crippen LogP contribution in [0.2, 0.25) is 5.02 Å². The summed E-state index contributed by atoms with van der Waals surface area (Å²) < 4.78 is 0. The molecule has 3 N–H and O–H groups in total. The lowest BCUT2D eigenvalue weighted by Crippen LogP contribution is -2.88. The Bertz CT molecular complexity index is 675. The van der Waals surface area contributed by atoms with E-state index in [1.807, 2.05) is 44.2 Å². The van der Waals surface area contributed by atoms with Crippen molar-refractivity contribution in [3.8, 4) is 0 Å². The average Bonchev–Trinajstić information content (AvgIpc) is 2.51. The number of benzene rings is 2.